The molecule has 4 rings (SSSR count). The number of thiophene rings is 1. The van der Waals surface area contributed by atoms with E-state index in [1.54, 1.807) is 12.4 Å². The Morgan fingerprint density at radius 3 is 2.54 bits per heavy atom. The van der Waals surface area contributed by atoms with Crippen LogP contribution in [0.5, 0.6) is 0 Å². The summed E-state index contributed by atoms with van der Waals surface area (Å²) in [6.07, 6.45) is 4.72. The molecule has 1 aliphatic rings. The lowest BCUT2D eigenvalue weighted by Crippen LogP contribution is -2.38. The maximum atomic E-state index is 11.3. The Kier molecular flexibility index (Phi) is 11.0. The normalized spacial score (nSPS) is 13.4. The van der Waals surface area contributed by atoms with Crippen molar-refractivity contribution >= 4 is 57.0 Å². The van der Waals surface area contributed by atoms with Gasteiger partial charge >= 0.3 is 12.1 Å². The number of aromatic nitrogens is 2. The number of benzene rings is 1. The van der Waals surface area contributed by atoms with Gasteiger partial charge in [-0.25, -0.2) is 14.8 Å². The number of hydrogen-bond donors (Lipinski definition) is 3. The van der Waals surface area contributed by atoms with Gasteiger partial charge in [0.1, 0.15) is 17.0 Å². The highest BCUT2D eigenvalue weighted by atomic mass is 35.5. The van der Waals surface area contributed by atoms with Crippen molar-refractivity contribution in [2.24, 2.45) is 5.73 Å². The number of aliphatic carboxylic acids is 1. The Labute approximate surface area is 210 Å². The van der Waals surface area contributed by atoms with Crippen LogP contribution in [0.15, 0.2) is 49.3 Å². The van der Waals surface area contributed by atoms with E-state index in [-0.39, 0.29) is 12.1 Å². The number of likely N-dealkylation sites (tertiary alicyclic amines) is 1. The molecular weight excluding hydrogens is 494 g/mol. The van der Waals surface area contributed by atoms with Crippen LogP contribution in [0.2, 0.25) is 4.34 Å². The van der Waals surface area contributed by atoms with E-state index in [9.17, 15) is 9.59 Å². The zero-order valence-electron chi connectivity index (χ0n) is 18.6. The van der Waals surface area contributed by atoms with E-state index in [4.69, 9.17) is 32.0 Å². The molecule has 3 heterocycles. The van der Waals surface area contributed by atoms with Crippen molar-refractivity contribution in [2.45, 2.75) is 25.4 Å². The number of primary amides is 1. The third kappa shape index (κ3) is 8.91. The lowest BCUT2D eigenvalue weighted by atomic mass is 10.0. The molecule has 1 aliphatic heterocycles. The van der Waals surface area contributed by atoms with E-state index in [0.29, 0.717) is 11.6 Å². The number of fused-ring (bicyclic) bond motifs is 1. The molecule has 1 aromatic carbocycles. The summed E-state index contributed by atoms with van der Waals surface area (Å²) in [5, 5.41) is 12.1. The Bertz CT molecular complexity index is 1200. The second-order valence-electron chi connectivity index (χ2n) is 7.38. The van der Waals surface area contributed by atoms with Crippen LogP contribution in [-0.4, -0.2) is 57.1 Å². The summed E-state index contributed by atoms with van der Waals surface area (Å²) >= 11 is 7.58. The van der Waals surface area contributed by atoms with E-state index in [1.165, 1.54) is 11.3 Å². The van der Waals surface area contributed by atoms with Crippen LogP contribution in [-0.2, 0) is 20.9 Å². The topological polar surface area (TPSA) is 156 Å². The van der Waals surface area contributed by atoms with E-state index < -0.39 is 5.97 Å². The highest BCUT2D eigenvalue weighted by Crippen LogP contribution is 2.32. The molecule has 0 bridgehead atoms. The molecule has 35 heavy (non-hydrogen) atoms. The number of nitrogens with two attached hydrogens (primary N) is 1. The average Bonchev–Trinajstić information content (AvgIpc) is 3.22. The first-order valence-electron chi connectivity index (χ1n) is 10.4. The van der Waals surface area contributed by atoms with Crippen LogP contribution in [0.25, 0.3) is 10.2 Å². The fourth-order valence-corrected chi connectivity index (χ4v) is 4.51. The van der Waals surface area contributed by atoms with E-state index >= 15 is 0 Å². The van der Waals surface area contributed by atoms with Gasteiger partial charge in [0.05, 0.1) is 9.72 Å². The van der Waals surface area contributed by atoms with Crippen molar-refractivity contribution in [3.05, 3.63) is 64.8 Å². The number of hydrogen-bond acceptors (Lipinski definition) is 9. The summed E-state index contributed by atoms with van der Waals surface area (Å²) < 4.78 is 0.724. The summed E-state index contributed by atoms with van der Waals surface area (Å²) in [5.74, 6) is -0.509. The molecule has 1 amide bonds. The second-order valence-corrected chi connectivity index (χ2v) is 9.04. The highest BCUT2D eigenvalue weighted by molar-refractivity contribution is 7.22. The Hall–Kier alpha value is -3.63. The molecule has 0 spiro atoms. The van der Waals surface area contributed by atoms with E-state index in [2.05, 4.69) is 26.8 Å². The minimum atomic E-state index is -0.981. The highest BCUT2D eigenvalue weighted by Gasteiger charge is 2.21. The predicted octanol–water partition coefficient (Wildman–Crippen LogP) is 3.19. The number of nitrogens with one attached hydrogen (secondary N) is 1. The number of carboxylic acids is 1. The Morgan fingerprint density at radius 1 is 1.29 bits per heavy atom. The zero-order valence-corrected chi connectivity index (χ0v) is 20.2. The third-order valence-electron chi connectivity index (χ3n) is 5.02. The molecule has 10 nitrogen and oxygen atoms in total. The zero-order chi connectivity index (χ0) is 25.8. The summed E-state index contributed by atoms with van der Waals surface area (Å²) in [7, 11) is 0. The summed E-state index contributed by atoms with van der Waals surface area (Å²) in [4.78, 5) is 48.8. The quantitative estimate of drug-likeness (QED) is 0.418. The number of amides is 1. The molecule has 0 saturated carbocycles. The van der Waals surface area contributed by atoms with E-state index in [0.717, 1.165) is 64.5 Å². The predicted molar refractivity (Wildman–Crippen MR) is 132 cm³/mol. The van der Waals surface area contributed by atoms with Crippen LogP contribution < -0.4 is 11.1 Å². The minimum absolute atomic E-state index is 0.250. The van der Waals surface area contributed by atoms with Gasteiger partial charge in [0.25, 0.3) is 0 Å². The summed E-state index contributed by atoms with van der Waals surface area (Å²) in [6, 6.07) is 9.84. The molecule has 0 radical (unpaired) electrons. The SMILES string of the molecule is C=CC(=O)O.NC(=O)c1cccc(CN2CCC(Nc3ncnc4sc(Cl)cc34)CC2)c1.O=C=O. The number of rotatable bonds is 6. The monoisotopic (exact) mass is 517 g/mol. The van der Waals surface area contributed by atoms with Crippen LogP contribution in [0, 0.1) is 0 Å². The summed E-state index contributed by atoms with van der Waals surface area (Å²) in [6.45, 7) is 5.75. The number of nitrogens with zero attached hydrogens (tertiary/aromatic N) is 3. The molecule has 12 heteroatoms. The maximum Gasteiger partial charge on any atom is 0.373 e. The van der Waals surface area contributed by atoms with Crippen molar-refractivity contribution in [3.63, 3.8) is 0 Å². The fraction of sp³-hybridized carbons (Fsp3) is 0.261. The van der Waals surface area contributed by atoms with Crippen molar-refractivity contribution in [2.75, 3.05) is 18.4 Å². The first kappa shape index (κ1) is 27.6. The number of carbonyl (C=O) groups excluding carboxylic acids is 3. The van der Waals surface area contributed by atoms with Crippen LogP contribution in [0.1, 0.15) is 28.8 Å². The van der Waals surface area contributed by atoms with Crippen molar-refractivity contribution < 1.29 is 24.3 Å². The van der Waals surface area contributed by atoms with Crippen LogP contribution in [0.3, 0.4) is 0 Å². The second kappa shape index (κ2) is 13.9. The molecule has 0 aliphatic carbocycles. The van der Waals surface area contributed by atoms with Gasteiger partial charge in [0.15, 0.2) is 0 Å². The molecule has 2 aromatic heterocycles. The Morgan fingerprint density at radius 2 is 1.94 bits per heavy atom. The molecule has 184 valence electrons. The van der Waals surface area contributed by atoms with Crippen LogP contribution in [0.4, 0.5) is 5.82 Å². The van der Waals surface area contributed by atoms with Gasteiger partial charge in [-0.15, -0.1) is 11.3 Å². The van der Waals surface area contributed by atoms with E-state index in [1.807, 2.05) is 24.3 Å². The third-order valence-corrected chi connectivity index (χ3v) is 6.19. The van der Waals surface area contributed by atoms with Gasteiger partial charge in [0, 0.05) is 37.3 Å². The van der Waals surface area contributed by atoms with Gasteiger partial charge in [0.2, 0.25) is 5.91 Å². The van der Waals surface area contributed by atoms with Crippen molar-refractivity contribution in [1.29, 1.82) is 0 Å². The number of halogens is 1. The molecule has 0 atom stereocenters. The molecule has 1 saturated heterocycles. The largest absolute Gasteiger partial charge is 0.478 e. The smallest absolute Gasteiger partial charge is 0.373 e. The maximum absolute atomic E-state index is 11.3. The molecule has 0 unspecified atom stereocenters. The minimum Gasteiger partial charge on any atom is -0.478 e. The summed E-state index contributed by atoms with van der Waals surface area (Å²) in [5.41, 5.74) is 7.04. The van der Waals surface area contributed by atoms with Gasteiger partial charge in [-0.05, 0) is 36.6 Å². The first-order valence-corrected chi connectivity index (χ1v) is 11.6. The van der Waals surface area contributed by atoms with Gasteiger partial charge in [-0.3, -0.25) is 9.69 Å². The van der Waals surface area contributed by atoms with Gasteiger partial charge in [-0.2, -0.15) is 9.59 Å². The fourth-order valence-electron chi connectivity index (χ4n) is 3.45. The Balaban J connectivity index is 0.000000473. The van der Waals surface area contributed by atoms with Gasteiger partial charge in [-0.1, -0.05) is 30.3 Å². The molecule has 1 fully saturated rings. The van der Waals surface area contributed by atoms with Crippen molar-refractivity contribution in [1.82, 2.24) is 14.9 Å². The lowest BCUT2D eigenvalue weighted by molar-refractivity contribution is -0.191. The molecular formula is C23H24ClN5O5S. The standard InChI is InChI=1S/C19H20ClN5OS.C3H4O2.CO2/c20-16-9-15-18(22-11-23-19(15)27-16)24-14-4-6-25(7-5-14)10-12-2-1-3-13(8-12)17(21)26;1-2-3(4)5;2-1-3/h1-3,8-9,11,14H,4-7,10H2,(H2,21,26)(H,22,23,24);2H,1H2,(H,4,5);. The van der Waals surface area contributed by atoms with Crippen molar-refractivity contribution in [3.8, 4) is 0 Å². The van der Waals surface area contributed by atoms with Crippen LogP contribution >= 0.6 is 22.9 Å². The number of carboxylic acid groups (broad SMARTS) is 1. The number of carbonyl (C=O) groups is 2. The van der Waals surface area contributed by atoms with Gasteiger partial charge < -0.3 is 16.2 Å². The average molecular weight is 518 g/mol. The number of anilines is 1. The lowest BCUT2D eigenvalue weighted by Gasteiger charge is -2.32. The first-order chi connectivity index (χ1) is 16.8. The number of piperidine rings is 1. The molecule has 3 aromatic rings. The molecule has 4 N–H and O–H groups in total.